The summed E-state index contributed by atoms with van der Waals surface area (Å²) in [7, 11) is -4.20. The summed E-state index contributed by atoms with van der Waals surface area (Å²) in [5.74, 6) is -1.61. The molecule has 20 heavy (non-hydrogen) atoms. The number of aliphatic hydroxyl groups excluding tert-OH is 1. The number of aromatic carboxylic acids is 1. The molecule has 110 valence electrons. The summed E-state index contributed by atoms with van der Waals surface area (Å²) in [6, 6.07) is 1.58. The van der Waals surface area contributed by atoms with Crippen molar-refractivity contribution in [3.8, 4) is 0 Å². The second-order valence-corrected chi connectivity index (χ2v) is 5.63. The van der Waals surface area contributed by atoms with Gasteiger partial charge in [0, 0.05) is 18.2 Å². The van der Waals surface area contributed by atoms with Crippen LogP contribution >= 0.6 is 0 Å². The molecule has 0 amide bonds. The predicted molar refractivity (Wildman–Crippen MR) is 66.9 cm³/mol. The molecule has 1 aromatic rings. The molecule has 0 spiro atoms. The number of sulfonamides is 1. The first-order valence-electron chi connectivity index (χ1n) is 5.34. The highest BCUT2D eigenvalue weighted by Crippen LogP contribution is 2.22. The average molecular weight is 304 g/mol. The quantitative estimate of drug-likeness (QED) is 0.493. The van der Waals surface area contributed by atoms with Crippen LogP contribution in [0.5, 0.6) is 0 Å². The molecule has 0 unspecified atom stereocenters. The molecule has 0 heterocycles. The Hall–Kier alpha value is -2.04. The normalized spacial score (nSPS) is 12.9. The van der Waals surface area contributed by atoms with Crippen molar-refractivity contribution in [2.75, 3.05) is 6.61 Å². The summed E-state index contributed by atoms with van der Waals surface area (Å²) in [6.07, 6.45) is 0. The summed E-state index contributed by atoms with van der Waals surface area (Å²) in [5.41, 5.74) is -1.24. The van der Waals surface area contributed by atoms with Crippen molar-refractivity contribution < 1.29 is 28.3 Å². The summed E-state index contributed by atoms with van der Waals surface area (Å²) < 4.78 is 26.0. The van der Waals surface area contributed by atoms with Crippen LogP contribution in [0.4, 0.5) is 5.69 Å². The van der Waals surface area contributed by atoms with Crippen LogP contribution < -0.4 is 4.72 Å². The number of nitro benzene ring substituents is 1. The molecule has 0 saturated heterocycles. The molecule has 1 rings (SSSR count). The smallest absolute Gasteiger partial charge is 0.337 e. The first-order valence-corrected chi connectivity index (χ1v) is 6.82. The number of non-ortho nitro benzene ring substituents is 1. The zero-order valence-electron chi connectivity index (χ0n) is 10.3. The Kier molecular flexibility index (Phi) is 4.76. The van der Waals surface area contributed by atoms with Crippen molar-refractivity contribution in [1.29, 1.82) is 0 Å². The van der Waals surface area contributed by atoms with Crippen LogP contribution in [0, 0.1) is 10.1 Å². The summed E-state index contributed by atoms with van der Waals surface area (Å²) >= 11 is 0. The van der Waals surface area contributed by atoms with Gasteiger partial charge in [0.15, 0.2) is 0 Å². The number of carboxylic acid groups (broad SMARTS) is 1. The van der Waals surface area contributed by atoms with Gasteiger partial charge in [0.05, 0.1) is 22.0 Å². The van der Waals surface area contributed by atoms with Crippen LogP contribution in [-0.4, -0.2) is 42.2 Å². The van der Waals surface area contributed by atoms with Crippen LogP contribution in [0.15, 0.2) is 23.1 Å². The highest BCUT2D eigenvalue weighted by Gasteiger charge is 2.26. The number of benzene rings is 1. The van der Waals surface area contributed by atoms with E-state index < -0.39 is 49.7 Å². The van der Waals surface area contributed by atoms with E-state index in [0.29, 0.717) is 6.07 Å². The molecule has 0 radical (unpaired) electrons. The van der Waals surface area contributed by atoms with Gasteiger partial charge in [0.1, 0.15) is 0 Å². The maximum atomic E-state index is 12.0. The largest absolute Gasteiger partial charge is 0.478 e. The van der Waals surface area contributed by atoms with E-state index in [9.17, 15) is 23.3 Å². The lowest BCUT2D eigenvalue weighted by atomic mass is 10.2. The molecule has 0 aromatic heterocycles. The number of nitro groups is 1. The molecule has 0 fully saturated rings. The maximum Gasteiger partial charge on any atom is 0.337 e. The van der Waals surface area contributed by atoms with E-state index >= 15 is 0 Å². The molecule has 1 atom stereocenters. The van der Waals surface area contributed by atoms with E-state index in [1.807, 2.05) is 0 Å². The van der Waals surface area contributed by atoms with Crippen LogP contribution in [0.25, 0.3) is 0 Å². The number of aliphatic hydroxyl groups is 1. The Morgan fingerprint density at radius 1 is 1.50 bits per heavy atom. The van der Waals surface area contributed by atoms with Crippen molar-refractivity contribution in [2.45, 2.75) is 17.9 Å². The van der Waals surface area contributed by atoms with Crippen LogP contribution in [0.2, 0.25) is 0 Å². The lowest BCUT2D eigenvalue weighted by molar-refractivity contribution is -0.384. The van der Waals surface area contributed by atoms with Crippen molar-refractivity contribution >= 4 is 21.7 Å². The van der Waals surface area contributed by atoms with Gasteiger partial charge in [0.25, 0.3) is 5.69 Å². The molecule has 3 N–H and O–H groups in total. The summed E-state index contributed by atoms with van der Waals surface area (Å²) in [5, 5.41) is 28.3. The number of carboxylic acids is 1. The molecular formula is C10H12N2O7S. The lowest BCUT2D eigenvalue weighted by Crippen LogP contribution is -2.35. The number of hydrogen-bond donors (Lipinski definition) is 3. The molecule has 1 aromatic carbocycles. The number of nitrogens with one attached hydrogen (secondary N) is 1. The molecule has 0 aliphatic heterocycles. The van der Waals surface area contributed by atoms with Gasteiger partial charge in [-0.15, -0.1) is 0 Å². The highest BCUT2D eigenvalue weighted by molar-refractivity contribution is 7.89. The highest BCUT2D eigenvalue weighted by atomic mass is 32.2. The third-order valence-electron chi connectivity index (χ3n) is 2.32. The van der Waals surface area contributed by atoms with Gasteiger partial charge in [-0.25, -0.2) is 17.9 Å². The fraction of sp³-hybridized carbons (Fsp3) is 0.300. The minimum Gasteiger partial charge on any atom is -0.478 e. The minimum absolute atomic E-state index is 0.478. The second-order valence-electron chi connectivity index (χ2n) is 3.95. The van der Waals surface area contributed by atoms with Gasteiger partial charge in [0.2, 0.25) is 10.0 Å². The lowest BCUT2D eigenvalue weighted by Gasteiger charge is -2.13. The summed E-state index contributed by atoms with van der Waals surface area (Å²) in [6.45, 7) is 0.901. The molecule has 0 aliphatic rings. The van der Waals surface area contributed by atoms with E-state index in [-0.39, 0.29) is 0 Å². The van der Waals surface area contributed by atoms with Gasteiger partial charge >= 0.3 is 5.97 Å². The van der Waals surface area contributed by atoms with Crippen molar-refractivity contribution in [1.82, 2.24) is 4.72 Å². The van der Waals surface area contributed by atoms with Crippen molar-refractivity contribution in [2.24, 2.45) is 0 Å². The Morgan fingerprint density at radius 2 is 2.10 bits per heavy atom. The summed E-state index contributed by atoms with van der Waals surface area (Å²) in [4.78, 5) is 20.2. The van der Waals surface area contributed by atoms with Gasteiger partial charge in [-0.3, -0.25) is 10.1 Å². The first kappa shape index (κ1) is 16.0. The van der Waals surface area contributed by atoms with Gasteiger partial charge in [-0.05, 0) is 13.0 Å². The van der Waals surface area contributed by atoms with Gasteiger partial charge in [-0.2, -0.15) is 0 Å². The second kappa shape index (κ2) is 5.94. The molecule has 0 bridgehead atoms. The molecule has 10 heteroatoms. The number of nitrogens with zero attached hydrogens (tertiary/aromatic N) is 1. The number of carbonyl (C=O) groups is 1. The third-order valence-corrected chi connectivity index (χ3v) is 3.97. The van der Waals surface area contributed by atoms with E-state index in [1.54, 1.807) is 0 Å². The van der Waals surface area contributed by atoms with Crippen molar-refractivity contribution in [3.05, 3.63) is 33.9 Å². The first-order chi connectivity index (χ1) is 9.19. The van der Waals surface area contributed by atoms with Crippen LogP contribution in [0.1, 0.15) is 17.3 Å². The monoisotopic (exact) mass is 304 g/mol. The molecule has 9 nitrogen and oxygen atoms in total. The Morgan fingerprint density at radius 3 is 2.55 bits per heavy atom. The van der Waals surface area contributed by atoms with Crippen molar-refractivity contribution in [3.63, 3.8) is 0 Å². The average Bonchev–Trinajstić information content (AvgIpc) is 2.37. The van der Waals surface area contributed by atoms with Gasteiger partial charge in [-0.1, -0.05) is 0 Å². The van der Waals surface area contributed by atoms with E-state index in [1.165, 1.54) is 6.92 Å². The minimum atomic E-state index is -4.20. The molecular weight excluding hydrogens is 292 g/mol. The number of hydrogen-bond acceptors (Lipinski definition) is 6. The number of rotatable bonds is 6. The Balaban J connectivity index is 3.38. The van der Waals surface area contributed by atoms with Crippen LogP contribution in [-0.2, 0) is 10.0 Å². The topological polar surface area (TPSA) is 147 Å². The predicted octanol–water partition coefficient (Wildman–Crippen LogP) is -0.0479. The van der Waals surface area contributed by atoms with E-state index in [4.69, 9.17) is 10.2 Å². The molecule has 0 saturated carbocycles. The standard InChI is InChI=1S/C10H12N2O7S/c1-6(5-13)11-20(18,19)9-3-2-7(12(16)17)4-8(9)10(14)15/h2-4,6,11,13H,5H2,1H3,(H,14,15)/t6-/m0/s1. The zero-order chi connectivity index (χ0) is 15.5. The maximum absolute atomic E-state index is 12.0. The fourth-order valence-electron chi connectivity index (χ4n) is 1.40. The fourth-order valence-corrected chi connectivity index (χ4v) is 2.81. The van der Waals surface area contributed by atoms with E-state index in [2.05, 4.69) is 4.72 Å². The Bertz CT molecular complexity index is 641. The SMILES string of the molecule is C[C@@H](CO)NS(=O)(=O)c1ccc([N+](=O)[O-])cc1C(=O)O. The van der Waals surface area contributed by atoms with E-state index in [0.717, 1.165) is 12.1 Å². The molecule has 0 aliphatic carbocycles. The van der Waals surface area contributed by atoms with Gasteiger partial charge < -0.3 is 10.2 Å². The van der Waals surface area contributed by atoms with Crippen LogP contribution in [0.3, 0.4) is 0 Å². The third kappa shape index (κ3) is 3.50. The Labute approximate surface area is 114 Å². The zero-order valence-corrected chi connectivity index (χ0v) is 11.1.